The Morgan fingerprint density at radius 3 is 2.88 bits per heavy atom. The second kappa shape index (κ2) is 4.22. The molecule has 1 heterocycles. The lowest BCUT2D eigenvalue weighted by molar-refractivity contribution is 0.635. The molecule has 0 aliphatic carbocycles. The van der Waals surface area contributed by atoms with E-state index in [2.05, 4.69) is 4.98 Å². The number of benzene rings is 1. The SMILES string of the molecule is CCn1c(CC(C)N)nc2c(F)cccc21. The van der Waals surface area contributed by atoms with Crippen LogP contribution < -0.4 is 5.73 Å². The van der Waals surface area contributed by atoms with Crippen molar-refractivity contribution < 1.29 is 4.39 Å². The number of fused-ring (bicyclic) bond motifs is 1. The summed E-state index contributed by atoms with van der Waals surface area (Å²) in [6, 6.07) is 5.07. The van der Waals surface area contributed by atoms with Crippen molar-refractivity contribution >= 4 is 11.0 Å². The van der Waals surface area contributed by atoms with Crippen molar-refractivity contribution in [2.45, 2.75) is 32.9 Å². The molecule has 86 valence electrons. The summed E-state index contributed by atoms with van der Waals surface area (Å²) < 4.78 is 15.6. The molecule has 2 rings (SSSR count). The minimum absolute atomic E-state index is 0.0326. The Kier molecular flexibility index (Phi) is 2.92. The van der Waals surface area contributed by atoms with Gasteiger partial charge >= 0.3 is 0 Å². The number of nitrogens with two attached hydrogens (primary N) is 1. The Morgan fingerprint density at radius 1 is 1.50 bits per heavy atom. The van der Waals surface area contributed by atoms with E-state index in [1.54, 1.807) is 6.07 Å². The molecule has 2 N–H and O–H groups in total. The van der Waals surface area contributed by atoms with Crippen LogP contribution in [0.2, 0.25) is 0 Å². The Balaban J connectivity index is 2.61. The number of aromatic nitrogens is 2. The Morgan fingerprint density at radius 2 is 2.25 bits per heavy atom. The van der Waals surface area contributed by atoms with Gasteiger partial charge in [-0.2, -0.15) is 0 Å². The van der Waals surface area contributed by atoms with E-state index in [1.807, 2.05) is 24.5 Å². The van der Waals surface area contributed by atoms with Gasteiger partial charge < -0.3 is 10.3 Å². The summed E-state index contributed by atoms with van der Waals surface area (Å²) in [4.78, 5) is 4.33. The lowest BCUT2D eigenvalue weighted by atomic mass is 10.2. The first-order valence-corrected chi connectivity index (χ1v) is 5.52. The number of para-hydroxylation sites is 1. The molecule has 16 heavy (non-hydrogen) atoms. The predicted molar refractivity (Wildman–Crippen MR) is 62.7 cm³/mol. The largest absolute Gasteiger partial charge is 0.328 e. The molecular weight excluding hydrogens is 205 g/mol. The van der Waals surface area contributed by atoms with Crippen molar-refractivity contribution in [1.82, 2.24) is 9.55 Å². The molecule has 0 saturated heterocycles. The monoisotopic (exact) mass is 221 g/mol. The van der Waals surface area contributed by atoms with Gasteiger partial charge in [0, 0.05) is 19.0 Å². The Labute approximate surface area is 94.1 Å². The number of hydrogen-bond donors (Lipinski definition) is 1. The molecular formula is C12H16FN3. The molecule has 0 saturated carbocycles. The van der Waals surface area contributed by atoms with Crippen LogP contribution in [-0.4, -0.2) is 15.6 Å². The van der Waals surface area contributed by atoms with Crippen LogP contribution in [0.5, 0.6) is 0 Å². The van der Waals surface area contributed by atoms with Crippen molar-refractivity contribution in [2.24, 2.45) is 5.73 Å². The zero-order valence-electron chi connectivity index (χ0n) is 9.57. The molecule has 0 amide bonds. The fourth-order valence-corrected chi connectivity index (χ4v) is 1.96. The molecule has 1 aromatic carbocycles. The van der Waals surface area contributed by atoms with Gasteiger partial charge in [-0.1, -0.05) is 6.07 Å². The molecule has 3 nitrogen and oxygen atoms in total. The van der Waals surface area contributed by atoms with Gasteiger partial charge in [0.1, 0.15) is 11.3 Å². The summed E-state index contributed by atoms with van der Waals surface area (Å²) in [7, 11) is 0. The number of nitrogens with zero attached hydrogens (tertiary/aromatic N) is 2. The highest BCUT2D eigenvalue weighted by Gasteiger charge is 2.13. The van der Waals surface area contributed by atoms with E-state index in [0.29, 0.717) is 11.9 Å². The van der Waals surface area contributed by atoms with E-state index in [0.717, 1.165) is 17.9 Å². The van der Waals surface area contributed by atoms with Crippen molar-refractivity contribution in [1.29, 1.82) is 0 Å². The lowest BCUT2D eigenvalue weighted by Crippen LogP contribution is -2.20. The fraction of sp³-hybridized carbons (Fsp3) is 0.417. The number of imidazole rings is 1. The molecule has 2 aromatic rings. The summed E-state index contributed by atoms with van der Waals surface area (Å²) in [5, 5.41) is 0. The zero-order valence-corrected chi connectivity index (χ0v) is 9.57. The molecule has 4 heteroatoms. The molecule has 0 aliphatic heterocycles. The van der Waals surface area contributed by atoms with Gasteiger partial charge in [0.05, 0.1) is 5.52 Å². The highest BCUT2D eigenvalue weighted by atomic mass is 19.1. The van der Waals surface area contributed by atoms with Gasteiger partial charge in [-0.15, -0.1) is 0 Å². The Hall–Kier alpha value is -1.42. The minimum Gasteiger partial charge on any atom is -0.328 e. The van der Waals surface area contributed by atoms with E-state index >= 15 is 0 Å². The molecule has 0 spiro atoms. The molecule has 1 atom stereocenters. The topological polar surface area (TPSA) is 43.8 Å². The maximum Gasteiger partial charge on any atom is 0.151 e. The van der Waals surface area contributed by atoms with Gasteiger partial charge in [-0.05, 0) is 26.0 Å². The van der Waals surface area contributed by atoms with E-state index < -0.39 is 0 Å². The summed E-state index contributed by atoms with van der Waals surface area (Å²) in [5.74, 6) is 0.591. The molecule has 0 radical (unpaired) electrons. The van der Waals surface area contributed by atoms with Crippen LogP contribution >= 0.6 is 0 Å². The molecule has 1 aromatic heterocycles. The van der Waals surface area contributed by atoms with Gasteiger partial charge in [-0.25, -0.2) is 9.37 Å². The second-order valence-electron chi connectivity index (χ2n) is 4.06. The smallest absolute Gasteiger partial charge is 0.151 e. The number of hydrogen-bond acceptors (Lipinski definition) is 2. The third-order valence-corrected chi connectivity index (χ3v) is 2.63. The van der Waals surface area contributed by atoms with Crippen molar-refractivity contribution in [3.63, 3.8) is 0 Å². The van der Waals surface area contributed by atoms with Crippen LogP contribution in [0.4, 0.5) is 4.39 Å². The zero-order chi connectivity index (χ0) is 11.7. The van der Waals surface area contributed by atoms with Crippen LogP contribution in [0, 0.1) is 5.82 Å². The van der Waals surface area contributed by atoms with E-state index in [9.17, 15) is 4.39 Å². The average molecular weight is 221 g/mol. The van der Waals surface area contributed by atoms with E-state index in [4.69, 9.17) is 5.73 Å². The molecule has 0 aliphatic rings. The third-order valence-electron chi connectivity index (χ3n) is 2.63. The summed E-state index contributed by atoms with van der Waals surface area (Å²) in [6.45, 7) is 4.73. The lowest BCUT2D eigenvalue weighted by Gasteiger charge is -2.07. The average Bonchev–Trinajstić information content (AvgIpc) is 2.56. The van der Waals surface area contributed by atoms with E-state index in [1.165, 1.54) is 6.07 Å². The Bertz CT molecular complexity index is 502. The first-order chi connectivity index (χ1) is 7.63. The van der Waals surface area contributed by atoms with Crippen LogP contribution in [0.25, 0.3) is 11.0 Å². The number of rotatable bonds is 3. The standard InChI is InChI=1S/C12H16FN3/c1-3-16-10-6-4-5-9(13)12(10)15-11(16)7-8(2)14/h4-6,8H,3,7,14H2,1-2H3. The van der Waals surface area contributed by atoms with Gasteiger partial charge in [-0.3, -0.25) is 0 Å². The van der Waals surface area contributed by atoms with Gasteiger partial charge in [0.2, 0.25) is 0 Å². The highest BCUT2D eigenvalue weighted by molar-refractivity contribution is 5.76. The molecule has 1 unspecified atom stereocenters. The number of aryl methyl sites for hydroxylation is 1. The first kappa shape index (κ1) is 11.1. The third kappa shape index (κ3) is 1.80. The molecule has 0 bridgehead atoms. The van der Waals surface area contributed by atoms with Crippen molar-refractivity contribution in [3.05, 3.63) is 29.8 Å². The summed E-state index contributed by atoms with van der Waals surface area (Å²) >= 11 is 0. The summed E-state index contributed by atoms with van der Waals surface area (Å²) in [6.07, 6.45) is 0.669. The molecule has 0 fully saturated rings. The minimum atomic E-state index is -0.268. The van der Waals surface area contributed by atoms with Crippen LogP contribution in [0.1, 0.15) is 19.7 Å². The predicted octanol–water partition coefficient (Wildman–Crippen LogP) is 2.08. The van der Waals surface area contributed by atoms with Crippen LogP contribution in [-0.2, 0) is 13.0 Å². The fourth-order valence-electron chi connectivity index (χ4n) is 1.96. The maximum absolute atomic E-state index is 13.5. The van der Waals surface area contributed by atoms with Crippen molar-refractivity contribution in [3.8, 4) is 0 Å². The van der Waals surface area contributed by atoms with Crippen molar-refractivity contribution in [2.75, 3.05) is 0 Å². The quantitative estimate of drug-likeness (QED) is 0.862. The normalized spacial score (nSPS) is 13.2. The second-order valence-corrected chi connectivity index (χ2v) is 4.06. The number of halogens is 1. The van der Waals surface area contributed by atoms with Crippen LogP contribution in [0.15, 0.2) is 18.2 Å². The van der Waals surface area contributed by atoms with Gasteiger partial charge in [0.15, 0.2) is 5.82 Å². The van der Waals surface area contributed by atoms with Crippen LogP contribution in [0.3, 0.4) is 0 Å². The van der Waals surface area contributed by atoms with E-state index in [-0.39, 0.29) is 11.9 Å². The summed E-state index contributed by atoms with van der Waals surface area (Å²) in [5.41, 5.74) is 7.05. The van der Waals surface area contributed by atoms with Gasteiger partial charge in [0.25, 0.3) is 0 Å². The first-order valence-electron chi connectivity index (χ1n) is 5.52. The maximum atomic E-state index is 13.5. The highest BCUT2D eigenvalue weighted by Crippen LogP contribution is 2.19.